The molecule has 0 unspecified atom stereocenters. The van der Waals surface area contributed by atoms with Crippen LogP contribution in [0, 0.1) is 0 Å². The summed E-state index contributed by atoms with van der Waals surface area (Å²) in [7, 11) is 2.27. The van der Waals surface area contributed by atoms with Crippen LogP contribution in [-0.4, -0.2) is 22.7 Å². The monoisotopic (exact) mass is 344 g/mol. The zero-order valence-corrected chi connectivity index (χ0v) is 15.5. The normalized spacial score (nSPS) is 17.5. The Morgan fingerprint density at radius 1 is 0.731 bits per heavy atom. The molecule has 2 heteroatoms. The zero-order valence-electron chi connectivity index (χ0n) is 15.5. The molecule has 1 aliphatic heterocycles. The van der Waals surface area contributed by atoms with Crippen LogP contribution < -0.4 is 0 Å². The third-order valence-corrected chi connectivity index (χ3v) is 5.97. The average Bonchev–Trinajstić information content (AvgIpc) is 2.81. The molecule has 1 N–H and O–H groups in total. The zero-order chi connectivity index (χ0) is 18.1. The first kappa shape index (κ1) is 17.0. The van der Waals surface area contributed by atoms with E-state index in [1.807, 2.05) is 30.3 Å². The molecule has 3 aromatic rings. The fraction of sp³-hybridized carbons (Fsp3) is 0.250. The van der Waals surface area contributed by atoms with Gasteiger partial charge in [0, 0.05) is 11.1 Å². The third kappa shape index (κ3) is 2.96. The van der Waals surface area contributed by atoms with Crippen LogP contribution in [0.25, 0.3) is 11.1 Å². The van der Waals surface area contributed by atoms with Gasteiger partial charge in [-0.3, -0.25) is 0 Å². The Morgan fingerprint density at radius 2 is 1.19 bits per heavy atom. The summed E-state index contributed by atoms with van der Waals surface area (Å²) in [5.41, 5.74) is 6.35. The van der Waals surface area contributed by atoms with Gasteiger partial charge in [0.25, 0.3) is 0 Å². The highest BCUT2D eigenvalue weighted by molar-refractivity contribution is 5.71. The molecule has 0 radical (unpaired) electrons. The molecule has 0 saturated carbocycles. The Balaban J connectivity index is 1.77. The lowest BCUT2D eigenvalue weighted by atomic mass is 9.97. The standard InChI is InChI=1S/C24H26NO/c1-18(24(26)19-10-4-3-5-11-19)25(2)16-20-12-6-8-14-22(20)23-15-9-7-13-21(23)17-25/h3-15,18,24,26H,16-17H2,1-2H3/q+1/t18-,24-/m0/s1. The van der Waals surface area contributed by atoms with E-state index in [1.54, 1.807) is 0 Å². The van der Waals surface area contributed by atoms with Crippen LogP contribution >= 0.6 is 0 Å². The second-order valence-electron chi connectivity index (χ2n) is 7.71. The van der Waals surface area contributed by atoms with E-state index in [0.717, 1.165) is 23.1 Å². The molecule has 2 atom stereocenters. The molecule has 0 aromatic heterocycles. The van der Waals surface area contributed by atoms with Crippen LogP contribution in [0.4, 0.5) is 0 Å². The highest BCUT2D eigenvalue weighted by Gasteiger charge is 2.38. The van der Waals surface area contributed by atoms with Crippen molar-refractivity contribution >= 4 is 0 Å². The van der Waals surface area contributed by atoms with Crippen molar-refractivity contribution in [2.75, 3.05) is 7.05 Å². The molecule has 0 spiro atoms. The van der Waals surface area contributed by atoms with Gasteiger partial charge in [-0.2, -0.15) is 0 Å². The lowest BCUT2D eigenvalue weighted by Crippen LogP contribution is -2.51. The van der Waals surface area contributed by atoms with Gasteiger partial charge in [0.1, 0.15) is 25.2 Å². The van der Waals surface area contributed by atoms with E-state index in [0.29, 0.717) is 0 Å². The van der Waals surface area contributed by atoms with E-state index in [2.05, 4.69) is 62.5 Å². The second kappa shape index (κ2) is 6.71. The van der Waals surface area contributed by atoms with E-state index < -0.39 is 6.10 Å². The van der Waals surface area contributed by atoms with Crippen molar-refractivity contribution in [1.29, 1.82) is 0 Å². The summed E-state index contributed by atoms with van der Waals surface area (Å²) in [5.74, 6) is 0. The van der Waals surface area contributed by atoms with E-state index in [9.17, 15) is 5.11 Å². The molecule has 132 valence electrons. The molecule has 0 fully saturated rings. The summed E-state index contributed by atoms with van der Waals surface area (Å²) in [5, 5.41) is 11.1. The van der Waals surface area contributed by atoms with Crippen molar-refractivity contribution in [3.05, 3.63) is 95.6 Å². The minimum atomic E-state index is -0.487. The van der Waals surface area contributed by atoms with Crippen LogP contribution in [0.15, 0.2) is 78.9 Å². The summed E-state index contributed by atoms with van der Waals surface area (Å²) in [6.45, 7) is 4.00. The molecule has 1 heterocycles. The van der Waals surface area contributed by atoms with Crippen LogP contribution in [-0.2, 0) is 13.1 Å². The number of quaternary nitrogens is 1. The molecule has 4 rings (SSSR count). The molecule has 2 nitrogen and oxygen atoms in total. The van der Waals surface area contributed by atoms with Crippen LogP contribution in [0.3, 0.4) is 0 Å². The Labute approximate surface area is 155 Å². The van der Waals surface area contributed by atoms with Gasteiger partial charge in [-0.15, -0.1) is 0 Å². The van der Waals surface area contributed by atoms with E-state index in [1.165, 1.54) is 22.3 Å². The maximum absolute atomic E-state index is 11.1. The van der Waals surface area contributed by atoms with Crippen molar-refractivity contribution in [2.24, 2.45) is 0 Å². The van der Waals surface area contributed by atoms with Crippen molar-refractivity contribution in [3.63, 3.8) is 0 Å². The minimum absolute atomic E-state index is 0.0802. The van der Waals surface area contributed by atoms with Gasteiger partial charge in [0.2, 0.25) is 0 Å². The van der Waals surface area contributed by atoms with Gasteiger partial charge in [-0.1, -0.05) is 78.9 Å². The predicted octanol–water partition coefficient (Wildman–Crippen LogP) is 4.94. The fourth-order valence-corrected chi connectivity index (χ4v) is 4.23. The Kier molecular flexibility index (Phi) is 4.39. The molecule has 0 bridgehead atoms. The second-order valence-corrected chi connectivity index (χ2v) is 7.71. The van der Waals surface area contributed by atoms with Gasteiger partial charge in [0.05, 0.1) is 7.05 Å². The molecular weight excluding hydrogens is 318 g/mol. The Bertz CT molecular complexity index is 855. The summed E-state index contributed by atoms with van der Waals surface area (Å²) < 4.78 is 0.782. The minimum Gasteiger partial charge on any atom is -0.382 e. The number of nitrogens with zero attached hydrogens (tertiary/aromatic N) is 1. The van der Waals surface area contributed by atoms with Crippen molar-refractivity contribution in [3.8, 4) is 11.1 Å². The molecule has 1 aliphatic rings. The number of benzene rings is 3. The molecule has 0 amide bonds. The maximum Gasteiger partial charge on any atom is 0.130 e. The number of fused-ring (bicyclic) bond motifs is 3. The summed E-state index contributed by atoms with van der Waals surface area (Å²) >= 11 is 0. The number of likely N-dealkylation sites (N-methyl/N-ethyl adjacent to an activating group) is 1. The quantitative estimate of drug-likeness (QED) is 0.668. The average molecular weight is 344 g/mol. The molecular formula is C24H26NO+. The predicted molar refractivity (Wildman–Crippen MR) is 106 cm³/mol. The van der Waals surface area contributed by atoms with Crippen molar-refractivity contribution in [1.82, 2.24) is 0 Å². The summed E-state index contributed by atoms with van der Waals surface area (Å²) in [6.07, 6.45) is -0.487. The third-order valence-electron chi connectivity index (χ3n) is 5.97. The topological polar surface area (TPSA) is 20.2 Å². The van der Waals surface area contributed by atoms with Crippen LogP contribution in [0.2, 0.25) is 0 Å². The number of rotatable bonds is 3. The highest BCUT2D eigenvalue weighted by Crippen LogP contribution is 2.38. The maximum atomic E-state index is 11.1. The summed E-state index contributed by atoms with van der Waals surface area (Å²) in [4.78, 5) is 0. The molecule has 3 aromatic carbocycles. The number of aliphatic hydroxyl groups excluding tert-OH is 1. The van der Waals surface area contributed by atoms with Gasteiger partial charge in [-0.25, -0.2) is 0 Å². The first-order valence-corrected chi connectivity index (χ1v) is 9.32. The lowest BCUT2D eigenvalue weighted by molar-refractivity contribution is -0.960. The molecule has 0 aliphatic carbocycles. The Morgan fingerprint density at radius 3 is 1.73 bits per heavy atom. The fourth-order valence-electron chi connectivity index (χ4n) is 4.23. The number of hydrogen-bond acceptors (Lipinski definition) is 1. The number of hydrogen-bond donors (Lipinski definition) is 1. The van der Waals surface area contributed by atoms with Crippen molar-refractivity contribution < 1.29 is 9.59 Å². The first-order valence-electron chi connectivity index (χ1n) is 9.32. The van der Waals surface area contributed by atoms with E-state index in [-0.39, 0.29) is 6.04 Å². The van der Waals surface area contributed by atoms with Gasteiger partial charge in [-0.05, 0) is 23.6 Å². The molecule has 0 saturated heterocycles. The van der Waals surface area contributed by atoms with Crippen LogP contribution in [0.5, 0.6) is 0 Å². The summed E-state index contributed by atoms with van der Waals surface area (Å²) in [6, 6.07) is 27.5. The van der Waals surface area contributed by atoms with Gasteiger partial charge < -0.3 is 9.59 Å². The molecule has 26 heavy (non-hydrogen) atoms. The highest BCUT2D eigenvalue weighted by atomic mass is 16.3. The van der Waals surface area contributed by atoms with Crippen molar-refractivity contribution in [2.45, 2.75) is 32.2 Å². The van der Waals surface area contributed by atoms with E-state index in [4.69, 9.17) is 0 Å². The largest absolute Gasteiger partial charge is 0.382 e. The van der Waals surface area contributed by atoms with Gasteiger partial charge >= 0.3 is 0 Å². The van der Waals surface area contributed by atoms with E-state index >= 15 is 0 Å². The smallest absolute Gasteiger partial charge is 0.130 e. The van der Waals surface area contributed by atoms with Gasteiger partial charge in [0.15, 0.2) is 0 Å². The van der Waals surface area contributed by atoms with Crippen LogP contribution in [0.1, 0.15) is 29.7 Å². The first-order chi connectivity index (χ1) is 12.6. The number of aliphatic hydroxyl groups is 1. The lowest BCUT2D eigenvalue weighted by Gasteiger charge is -2.41. The Hall–Kier alpha value is -2.42. The SMILES string of the molecule is C[C@@H]([C@H](O)c1ccccc1)[N+]1(C)Cc2ccccc2-c2ccccc2C1.